The maximum absolute atomic E-state index is 12.3. The van der Waals surface area contributed by atoms with Crippen LogP contribution in [-0.4, -0.2) is 17.4 Å². The average Bonchev–Trinajstić information content (AvgIpc) is 2.92. The van der Waals surface area contributed by atoms with E-state index in [-0.39, 0.29) is 5.78 Å². The number of rotatable bonds is 4. The van der Waals surface area contributed by atoms with Gasteiger partial charge >= 0.3 is 0 Å². The zero-order valence-electron chi connectivity index (χ0n) is 12.5. The lowest BCUT2D eigenvalue weighted by Gasteiger charge is -2.06. The van der Waals surface area contributed by atoms with Crippen LogP contribution in [0.4, 0.5) is 0 Å². The van der Waals surface area contributed by atoms with E-state index in [0.717, 1.165) is 42.1 Å². The Hall–Kier alpha value is -2.16. The Bertz CT molecular complexity index is 692. The minimum atomic E-state index is 0.164. The fourth-order valence-corrected chi connectivity index (χ4v) is 2.77. The van der Waals surface area contributed by atoms with E-state index in [1.165, 1.54) is 11.1 Å². The summed E-state index contributed by atoms with van der Waals surface area (Å²) in [6.45, 7) is 4.60. The zero-order valence-corrected chi connectivity index (χ0v) is 12.5. The Morgan fingerprint density at radius 3 is 2.90 bits per heavy atom. The second-order valence-corrected chi connectivity index (χ2v) is 5.55. The molecule has 1 aromatic carbocycles. The van der Waals surface area contributed by atoms with Gasteiger partial charge in [0.05, 0.1) is 6.61 Å². The first kappa shape index (κ1) is 13.8. The fourth-order valence-electron chi connectivity index (χ4n) is 2.77. The van der Waals surface area contributed by atoms with Crippen molar-refractivity contribution in [2.75, 3.05) is 6.61 Å². The molecule has 0 spiro atoms. The standard InChI is InChI=1S/C18H19NO2/c1-12-3-6-16(13(2)19-12)17(20)7-4-14-5-8-18-15(11-14)9-10-21-18/h3,5-6,8,11H,4,7,9-10H2,1-2H3. The minimum absolute atomic E-state index is 0.164. The second-order valence-electron chi connectivity index (χ2n) is 5.55. The van der Waals surface area contributed by atoms with Crippen LogP contribution in [0.1, 0.15) is 39.3 Å². The van der Waals surface area contributed by atoms with Gasteiger partial charge in [-0.3, -0.25) is 9.78 Å². The number of benzene rings is 1. The van der Waals surface area contributed by atoms with E-state index in [2.05, 4.69) is 17.1 Å². The molecule has 0 atom stereocenters. The number of Topliss-reactive ketones (excluding diaryl/α,β-unsaturated/α-hetero) is 1. The molecule has 0 N–H and O–H groups in total. The van der Waals surface area contributed by atoms with Crippen LogP contribution in [0, 0.1) is 13.8 Å². The van der Waals surface area contributed by atoms with E-state index in [0.29, 0.717) is 6.42 Å². The highest BCUT2D eigenvalue weighted by molar-refractivity contribution is 5.97. The number of hydrogen-bond acceptors (Lipinski definition) is 3. The highest BCUT2D eigenvalue weighted by Crippen LogP contribution is 2.26. The summed E-state index contributed by atoms with van der Waals surface area (Å²) in [6, 6.07) is 10.0. The molecule has 3 heteroatoms. The number of ether oxygens (including phenoxy) is 1. The number of carbonyl (C=O) groups is 1. The van der Waals surface area contributed by atoms with Crippen LogP contribution in [0.2, 0.25) is 0 Å². The summed E-state index contributed by atoms with van der Waals surface area (Å²) in [5, 5.41) is 0. The molecule has 0 unspecified atom stereocenters. The maximum atomic E-state index is 12.3. The predicted octanol–water partition coefficient (Wildman–Crippen LogP) is 3.45. The van der Waals surface area contributed by atoms with Crippen LogP contribution in [0.5, 0.6) is 5.75 Å². The molecule has 1 aliphatic rings. The van der Waals surface area contributed by atoms with Gasteiger partial charge in [0.25, 0.3) is 0 Å². The number of aromatic nitrogens is 1. The molecule has 0 fully saturated rings. The van der Waals surface area contributed by atoms with Crippen molar-refractivity contribution in [2.45, 2.75) is 33.1 Å². The molecule has 3 rings (SSSR count). The van der Waals surface area contributed by atoms with Crippen molar-refractivity contribution in [3.63, 3.8) is 0 Å². The Labute approximate surface area is 125 Å². The molecule has 0 amide bonds. The summed E-state index contributed by atoms with van der Waals surface area (Å²) >= 11 is 0. The first-order valence-corrected chi connectivity index (χ1v) is 7.35. The van der Waals surface area contributed by atoms with E-state index in [1.54, 1.807) is 0 Å². The lowest BCUT2D eigenvalue weighted by atomic mass is 10.00. The van der Waals surface area contributed by atoms with Crippen molar-refractivity contribution in [2.24, 2.45) is 0 Å². The number of carbonyl (C=O) groups excluding carboxylic acids is 1. The molecule has 2 aromatic rings. The molecule has 21 heavy (non-hydrogen) atoms. The van der Waals surface area contributed by atoms with Crippen LogP contribution >= 0.6 is 0 Å². The van der Waals surface area contributed by atoms with Gasteiger partial charge in [-0.15, -0.1) is 0 Å². The molecule has 2 heterocycles. The van der Waals surface area contributed by atoms with Crippen LogP contribution < -0.4 is 4.74 Å². The minimum Gasteiger partial charge on any atom is -0.493 e. The van der Waals surface area contributed by atoms with Gasteiger partial charge in [0, 0.05) is 29.8 Å². The third kappa shape index (κ3) is 2.97. The summed E-state index contributed by atoms with van der Waals surface area (Å²) in [5.41, 5.74) is 4.97. The van der Waals surface area contributed by atoms with Crippen molar-refractivity contribution >= 4 is 5.78 Å². The Morgan fingerprint density at radius 1 is 1.24 bits per heavy atom. The SMILES string of the molecule is Cc1ccc(C(=O)CCc2ccc3c(c2)CCO3)c(C)n1. The third-order valence-corrected chi connectivity index (χ3v) is 3.92. The van der Waals surface area contributed by atoms with Gasteiger partial charge in [-0.1, -0.05) is 12.1 Å². The molecule has 0 radical (unpaired) electrons. The molecule has 1 aromatic heterocycles. The lowest BCUT2D eigenvalue weighted by Crippen LogP contribution is -2.05. The topological polar surface area (TPSA) is 39.2 Å². The van der Waals surface area contributed by atoms with E-state index >= 15 is 0 Å². The summed E-state index contributed by atoms with van der Waals surface area (Å²) in [5.74, 6) is 1.15. The predicted molar refractivity (Wildman–Crippen MR) is 82.0 cm³/mol. The van der Waals surface area contributed by atoms with Gasteiger partial charge in [-0.25, -0.2) is 0 Å². The van der Waals surface area contributed by atoms with Crippen molar-refractivity contribution in [1.82, 2.24) is 4.98 Å². The molecular formula is C18H19NO2. The zero-order chi connectivity index (χ0) is 14.8. The largest absolute Gasteiger partial charge is 0.493 e. The molecule has 3 nitrogen and oxygen atoms in total. The first-order valence-electron chi connectivity index (χ1n) is 7.35. The van der Waals surface area contributed by atoms with E-state index in [4.69, 9.17) is 4.74 Å². The van der Waals surface area contributed by atoms with Crippen molar-refractivity contribution in [1.29, 1.82) is 0 Å². The number of ketones is 1. The normalized spacial score (nSPS) is 12.9. The Kier molecular flexibility index (Phi) is 3.74. The second kappa shape index (κ2) is 5.68. The van der Waals surface area contributed by atoms with E-state index in [9.17, 15) is 4.79 Å². The van der Waals surface area contributed by atoms with Gasteiger partial charge in [0.1, 0.15) is 5.75 Å². The maximum Gasteiger partial charge on any atom is 0.165 e. The monoisotopic (exact) mass is 281 g/mol. The quantitative estimate of drug-likeness (QED) is 0.806. The summed E-state index contributed by atoms with van der Waals surface area (Å²) in [7, 11) is 0. The van der Waals surface area contributed by atoms with Gasteiger partial charge < -0.3 is 4.74 Å². The Morgan fingerprint density at radius 2 is 2.10 bits per heavy atom. The van der Waals surface area contributed by atoms with Crippen molar-refractivity contribution in [3.05, 3.63) is 58.4 Å². The molecular weight excluding hydrogens is 262 g/mol. The van der Waals surface area contributed by atoms with Crippen LogP contribution in [0.3, 0.4) is 0 Å². The van der Waals surface area contributed by atoms with Crippen LogP contribution in [0.25, 0.3) is 0 Å². The smallest absolute Gasteiger partial charge is 0.165 e. The lowest BCUT2D eigenvalue weighted by molar-refractivity contribution is 0.0982. The third-order valence-electron chi connectivity index (χ3n) is 3.92. The molecule has 108 valence electrons. The highest BCUT2D eigenvalue weighted by atomic mass is 16.5. The van der Waals surface area contributed by atoms with Crippen molar-refractivity contribution in [3.8, 4) is 5.75 Å². The number of fused-ring (bicyclic) bond motifs is 1. The number of nitrogens with zero attached hydrogens (tertiary/aromatic N) is 1. The molecule has 0 saturated heterocycles. The molecule has 0 aliphatic carbocycles. The van der Waals surface area contributed by atoms with Gasteiger partial charge in [-0.2, -0.15) is 0 Å². The van der Waals surface area contributed by atoms with Gasteiger partial charge in [-0.05, 0) is 49.6 Å². The fraction of sp³-hybridized carbons (Fsp3) is 0.333. The highest BCUT2D eigenvalue weighted by Gasteiger charge is 2.14. The van der Waals surface area contributed by atoms with Crippen LogP contribution in [0.15, 0.2) is 30.3 Å². The van der Waals surface area contributed by atoms with Crippen molar-refractivity contribution < 1.29 is 9.53 Å². The molecule has 0 saturated carbocycles. The van der Waals surface area contributed by atoms with Gasteiger partial charge in [0.15, 0.2) is 5.78 Å². The number of aryl methyl sites for hydroxylation is 3. The Balaban J connectivity index is 1.68. The average molecular weight is 281 g/mol. The number of pyridine rings is 1. The summed E-state index contributed by atoms with van der Waals surface area (Å²) in [4.78, 5) is 16.7. The molecule has 1 aliphatic heterocycles. The first-order chi connectivity index (χ1) is 10.1. The summed E-state index contributed by atoms with van der Waals surface area (Å²) in [6.07, 6.45) is 2.25. The van der Waals surface area contributed by atoms with Crippen LogP contribution in [-0.2, 0) is 12.8 Å². The number of hydrogen-bond donors (Lipinski definition) is 0. The molecule has 0 bridgehead atoms. The van der Waals surface area contributed by atoms with E-state index < -0.39 is 0 Å². The van der Waals surface area contributed by atoms with Gasteiger partial charge in [0.2, 0.25) is 0 Å². The summed E-state index contributed by atoms with van der Waals surface area (Å²) < 4.78 is 5.50. The van der Waals surface area contributed by atoms with E-state index in [1.807, 2.05) is 32.0 Å².